The predicted octanol–water partition coefficient (Wildman–Crippen LogP) is 3.62. The third kappa shape index (κ3) is 3.03. The third-order valence-electron chi connectivity index (χ3n) is 4.09. The van der Waals surface area contributed by atoms with E-state index < -0.39 is 16.4 Å². The van der Waals surface area contributed by atoms with Crippen molar-refractivity contribution in [1.29, 1.82) is 0 Å². The van der Waals surface area contributed by atoms with Gasteiger partial charge in [-0.25, -0.2) is 0 Å². The lowest BCUT2D eigenvalue weighted by Crippen LogP contribution is -2.39. The van der Waals surface area contributed by atoms with Crippen molar-refractivity contribution in [3.05, 3.63) is 69.5 Å². The van der Waals surface area contributed by atoms with Gasteiger partial charge in [0.05, 0.1) is 11.5 Å². The van der Waals surface area contributed by atoms with Gasteiger partial charge in [-0.1, -0.05) is 30.3 Å². The Bertz CT molecular complexity index is 736. The molecule has 1 atom stereocenters. The number of aryl methyl sites for hydroxylation is 1. The number of halogens is 1. The molecule has 0 aliphatic carbocycles. The smallest absolute Gasteiger partial charge is 0.327 e. The van der Waals surface area contributed by atoms with E-state index in [1.54, 1.807) is 6.07 Å². The Morgan fingerprint density at radius 2 is 2.04 bits per heavy atom. The lowest BCUT2D eigenvalue weighted by molar-refractivity contribution is -0.386. The van der Waals surface area contributed by atoms with Gasteiger partial charge in [0.25, 0.3) is 0 Å². The summed E-state index contributed by atoms with van der Waals surface area (Å²) in [5.41, 5.74) is 1.99. The van der Waals surface area contributed by atoms with Crippen LogP contribution in [0.1, 0.15) is 17.2 Å². The summed E-state index contributed by atoms with van der Waals surface area (Å²) in [6, 6.07) is 12.1. The predicted molar refractivity (Wildman–Crippen MR) is 85.1 cm³/mol. The Hall–Kier alpha value is -2.47. The molecule has 2 aromatic rings. The number of hydrogen-bond donors (Lipinski definition) is 0. The van der Waals surface area contributed by atoms with Crippen LogP contribution in [0.5, 0.6) is 0 Å². The molecule has 6 heteroatoms. The fourth-order valence-corrected chi connectivity index (χ4v) is 2.94. The zero-order valence-corrected chi connectivity index (χ0v) is 12.7. The highest BCUT2D eigenvalue weighted by molar-refractivity contribution is 5.64. The van der Waals surface area contributed by atoms with Gasteiger partial charge in [0, 0.05) is 13.1 Å². The van der Waals surface area contributed by atoms with Crippen LogP contribution >= 0.6 is 0 Å². The summed E-state index contributed by atoms with van der Waals surface area (Å²) in [7, 11) is 0. The van der Waals surface area contributed by atoms with Crippen LogP contribution < -0.4 is 4.90 Å². The van der Waals surface area contributed by atoms with Gasteiger partial charge in [0.1, 0.15) is 11.8 Å². The normalized spacial score (nSPS) is 18.0. The van der Waals surface area contributed by atoms with Crippen molar-refractivity contribution < 1.29 is 14.1 Å². The fraction of sp³-hybridized carbons (Fsp3) is 0.294. The minimum Gasteiger partial charge on any atom is -0.370 e. The molecule has 5 nitrogen and oxygen atoms in total. The Balaban J connectivity index is 1.92. The van der Waals surface area contributed by atoms with Gasteiger partial charge in [-0.2, -0.15) is 4.39 Å². The number of para-hydroxylation sites is 1. The number of rotatable bonds is 3. The van der Waals surface area contributed by atoms with Crippen molar-refractivity contribution in [3.8, 4) is 0 Å². The van der Waals surface area contributed by atoms with Crippen molar-refractivity contribution in [2.75, 3.05) is 24.6 Å². The molecule has 1 aliphatic rings. The van der Waals surface area contributed by atoms with Gasteiger partial charge in [-0.15, -0.1) is 0 Å². The minimum absolute atomic E-state index is 0.187. The Morgan fingerprint density at radius 3 is 2.78 bits per heavy atom. The molecule has 0 aromatic heterocycles. The summed E-state index contributed by atoms with van der Waals surface area (Å²) in [6.45, 7) is 3.39. The summed E-state index contributed by atoms with van der Waals surface area (Å²) >= 11 is 0. The molecule has 1 unspecified atom stereocenters. The molecular formula is C17H17FN2O3. The minimum atomic E-state index is -0.813. The van der Waals surface area contributed by atoms with Crippen LogP contribution in [0.15, 0.2) is 42.5 Å². The first kappa shape index (κ1) is 15.4. The molecule has 1 fully saturated rings. The van der Waals surface area contributed by atoms with E-state index in [1.807, 2.05) is 36.1 Å². The first-order chi connectivity index (χ1) is 11.1. The van der Waals surface area contributed by atoms with E-state index >= 15 is 0 Å². The molecular weight excluding hydrogens is 299 g/mol. The van der Waals surface area contributed by atoms with Crippen LogP contribution in [0.4, 0.5) is 15.8 Å². The van der Waals surface area contributed by atoms with Crippen molar-refractivity contribution >= 4 is 11.4 Å². The van der Waals surface area contributed by atoms with E-state index in [1.165, 1.54) is 6.07 Å². The van der Waals surface area contributed by atoms with Gasteiger partial charge in [-0.3, -0.25) is 10.1 Å². The molecule has 3 rings (SSSR count). The van der Waals surface area contributed by atoms with E-state index in [0.29, 0.717) is 25.4 Å². The quantitative estimate of drug-likeness (QED) is 0.641. The number of nitrogens with zero attached hydrogens (tertiary/aromatic N) is 2. The summed E-state index contributed by atoms with van der Waals surface area (Å²) in [5.74, 6) is -0.813. The number of nitro groups is 1. The summed E-state index contributed by atoms with van der Waals surface area (Å²) in [6.07, 6.45) is -0.187. The van der Waals surface area contributed by atoms with Gasteiger partial charge >= 0.3 is 5.69 Å². The summed E-state index contributed by atoms with van der Waals surface area (Å²) in [5, 5.41) is 11.2. The molecule has 0 radical (unpaired) electrons. The van der Waals surface area contributed by atoms with Gasteiger partial charge in [0.2, 0.25) is 5.82 Å². The largest absolute Gasteiger partial charge is 0.370 e. The molecule has 0 N–H and O–H groups in total. The summed E-state index contributed by atoms with van der Waals surface area (Å²) in [4.78, 5) is 12.4. The molecule has 2 aromatic carbocycles. The number of morpholine rings is 1. The van der Waals surface area contributed by atoms with Crippen LogP contribution in [-0.2, 0) is 4.74 Å². The van der Waals surface area contributed by atoms with E-state index in [9.17, 15) is 14.5 Å². The zero-order chi connectivity index (χ0) is 16.4. The lowest BCUT2D eigenvalue weighted by atomic mass is 10.0. The average molecular weight is 316 g/mol. The molecule has 23 heavy (non-hydrogen) atoms. The van der Waals surface area contributed by atoms with Crippen molar-refractivity contribution in [2.45, 2.75) is 13.0 Å². The zero-order valence-electron chi connectivity index (χ0n) is 12.7. The molecule has 1 heterocycles. The molecule has 0 spiro atoms. The van der Waals surface area contributed by atoms with Crippen LogP contribution in [0.25, 0.3) is 0 Å². The van der Waals surface area contributed by atoms with E-state index in [2.05, 4.69) is 0 Å². The summed E-state index contributed by atoms with van der Waals surface area (Å²) < 4.78 is 19.7. The Morgan fingerprint density at radius 1 is 1.26 bits per heavy atom. The highest BCUT2D eigenvalue weighted by Crippen LogP contribution is 2.34. The van der Waals surface area contributed by atoms with Crippen LogP contribution in [-0.4, -0.2) is 24.6 Å². The molecule has 1 saturated heterocycles. The molecule has 0 bridgehead atoms. The number of benzene rings is 2. The second-order valence-electron chi connectivity index (χ2n) is 5.53. The second-order valence-corrected chi connectivity index (χ2v) is 5.53. The van der Waals surface area contributed by atoms with E-state index in [4.69, 9.17) is 4.74 Å². The Labute approximate surface area is 133 Å². The van der Waals surface area contributed by atoms with Crippen LogP contribution in [0.2, 0.25) is 0 Å². The standard InChI is InChI=1S/C17H17FN2O3/c1-12-5-2-3-6-13(12)16-11-19(9-10-23-16)15-8-4-7-14(18)17(15)20(21)22/h2-8,16H,9-11H2,1H3. The van der Waals surface area contributed by atoms with Crippen molar-refractivity contribution in [3.63, 3.8) is 0 Å². The highest BCUT2D eigenvalue weighted by atomic mass is 19.1. The maximum atomic E-state index is 13.8. The van der Waals surface area contributed by atoms with Crippen LogP contribution in [0, 0.1) is 22.9 Å². The third-order valence-corrected chi connectivity index (χ3v) is 4.09. The monoisotopic (exact) mass is 316 g/mol. The molecule has 120 valence electrons. The maximum Gasteiger partial charge on any atom is 0.327 e. The van der Waals surface area contributed by atoms with Crippen molar-refractivity contribution in [1.82, 2.24) is 0 Å². The number of ether oxygens (including phenoxy) is 1. The molecule has 0 amide bonds. The van der Waals surface area contributed by atoms with Gasteiger partial charge in [0.15, 0.2) is 0 Å². The molecule has 0 saturated carbocycles. The van der Waals surface area contributed by atoms with Crippen molar-refractivity contribution in [2.24, 2.45) is 0 Å². The maximum absolute atomic E-state index is 13.8. The second kappa shape index (κ2) is 6.34. The topological polar surface area (TPSA) is 55.6 Å². The fourth-order valence-electron chi connectivity index (χ4n) is 2.94. The van der Waals surface area contributed by atoms with E-state index in [-0.39, 0.29) is 6.10 Å². The van der Waals surface area contributed by atoms with E-state index in [0.717, 1.165) is 17.2 Å². The number of anilines is 1. The van der Waals surface area contributed by atoms with Crippen LogP contribution in [0.3, 0.4) is 0 Å². The molecule has 1 aliphatic heterocycles. The van der Waals surface area contributed by atoms with Gasteiger partial charge < -0.3 is 9.64 Å². The number of hydrogen-bond acceptors (Lipinski definition) is 4. The first-order valence-corrected chi connectivity index (χ1v) is 7.43. The Kier molecular flexibility index (Phi) is 4.25. The van der Waals surface area contributed by atoms with Gasteiger partial charge in [-0.05, 0) is 30.2 Å². The SMILES string of the molecule is Cc1ccccc1C1CN(c2cccc(F)c2[N+](=O)[O-])CCO1. The highest BCUT2D eigenvalue weighted by Gasteiger charge is 2.29. The number of nitro benzene ring substituents is 1. The first-order valence-electron chi connectivity index (χ1n) is 7.43. The lowest BCUT2D eigenvalue weighted by Gasteiger charge is -2.35. The average Bonchev–Trinajstić information content (AvgIpc) is 2.55.